The van der Waals surface area contributed by atoms with Gasteiger partial charge in [0.25, 0.3) is 0 Å². The number of aromatic nitrogens is 1. The molecule has 1 heterocycles. The normalized spacial score (nSPS) is 11.0. The summed E-state index contributed by atoms with van der Waals surface area (Å²) in [5.74, 6) is 1.42. The molecule has 68 valence electrons. The van der Waals surface area contributed by atoms with E-state index in [0.717, 1.165) is 24.4 Å². The molecular weight excluding hydrogens is 152 g/mol. The van der Waals surface area contributed by atoms with Crippen LogP contribution in [-0.2, 0) is 12.8 Å². The highest BCUT2D eigenvalue weighted by Crippen LogP contribution is 2.07. The Labute approximate surface area is 73.0 Å². The van der Waals surface area contributed by atoms with Crippen molar-refractivity contribution >= 4 is 0 Å². The highest BCUT2D eigenvalue weighted by Gasteiger charge is 2.04. The molecular formula is C9H16N2O. The van der Waals surface area contributed by atoms with Crippen LogP contribution in [0.1, 0.15) is 25.4 Å². The van der Waals surface area contributed by atoms with E-state index in [1.54, 1.807) is 6.26 Å². The molecule has 0 aliphatic rings. The van der Waals surface area contributed by atoms with Gasteiger partial charge in [-0.05, 0) is 12.5 Å². The summed E-state index contributed by atoms with van der Waals surface area (Å²) >= 11 is 0. The van der Waals surface area contributed by atoms with Crippen molar-refractivity contribution in [2.45, 2.75) is 26.7 Å². The van der Waals surface area contributed by atoms with Gasteiger partial charge in [-0.15, -0.1) is 0 Å². The van der Waals surface area contributed by atoms with Crippen LogP contribution in [0.4, 0.5) is 0 Å². The van der Waals surface area contributed by atoms with E-state index in [4.69, 9.17) is 10.2 Å². The van der Waals surface area contributed by atoms with Crippen molar-refractivity contribution < 1.29 is 4.42 Å². The van der Waals surface area contributed by atoms with Crippen molar-refractivity contribution in [3.8, 4) is 0 Å². The van der Waals surface area contributed by atoms with Gasteiger partial charge in [0, 0.05) is 12.8 Å². The van der Waals surface area contributed by atoms with Crippen LogP contribution in [0, 0.1) is 5.92 Å². The minimum atomic E-state index is 0.592. The van der Waals surface area contributed by atoms with E-state index < -0.39 is 0 Å². The molecule has 1 rings (SSSR count). The molecule has 0 radical (unpaired) electrons. The van der Waals surface area contributed by atoms with Crippen LogP contribution in [0.2, 0.25) is 0 Å². The molecule has 0 saturated heterocycles. The molecule has 0 amide bonds. The van der Waals surface area contributed by atoms with Crippen LogP contribution in [0.3, 0.4) is 0 Å². The number of rotatable bonds is 4. The summed E-state index contributed by atoms with van der Waals surface area (Å²) in [6.07, 6.45) is 3.41. The van der Waals surface area contributed by atoms with E-state index in [2.05, 4.69) is 18.8 Å². The first-order chi connectivity index (χ1) is 5.72. The van der Waals surface area contributed by atoms with Gasteiger partial charge in [0.05, 0.1) is 5.69 Å². The molecule has 1 aromatic heterocycles. The summed E-state index contributed by atoms with van der Waals surface area (Å²) in [6, 6.07) is 0. The van der Waals surface area contributed by atoms with Crippen LogP contribution in [0.5, 0.6) is 0 Å². The predicted molar refractivity (Wildman–Crippen MR) is 47.8 cm³/mol. The molecule has 1 aromatic rings. The van der Waals surface area contributed by atoms with Crippen molar-refractivity contribution in [3.63, 3.8) is 0 Å². The Kier molecular flexibility index (Phi) is 3.29. The van der Waals surface area contributed by atoms with Crippen molar-refractivity contribution in [2.75, 3.05) is 6.54 Å². The van der Waals surface area contributed by atoms with Gasteiger partial charge in [-0.2, -0.15) is 0 Å². The first-order valence-electron chi connectivity index (χ1n) is 4.35. The second-order valence-electron chi connectivity index (χ2n) is 3.37. The van der Waals surface area contributed by atoms with E-state index in [1.165, 1.54) is 0 Å². The lowest BCUT2D eigenvalue weighted by molar-refractivity contribution is 0.457. The van der Waals surface area contributed by atoms with E-state index in [0.29, 0.717) is 12.5 Å². The Morgan fingerprint density at radius 1 is 1.58 bits per heavy atom. The third kappa shape index (κ3) is 2.66. The van der Waals surface area contributed by atoms with Crippen LogP contribution in [-0.4, -0.2) is 11.5 Å². The molecule has 0 aromatic carbocycles. The highest BCUT2D eigenvalue weighted by molar-refractivity contribution is 4.97. The van der Waals surface area contributed by atoms with Gasteiger partial charge < -0.3 is 10.2 Å². The van der Waals surface area contributed by atoms with Crippen LogP contribution < -0.4 is 5.73 Å². The summed E-state index contributed by atoms with van der Waals surface area (Å²) in [6.45, 7) is 4.92. The number of oxazole rings is 1. The third-order valence-electron chi connectivity index (χ3n) is 1.58. The van der Waals surface area contributed by atoms with Crippen LogP contribution >= 0.6 is 0 Å². The molecule has 0 spiro atoms. The van der Waals surface area contributed by atoms with E-state index in [-0.39, 0.29) is 0 Å². The number of nitrogens with two attached hydrogens (primary N) is 1. The molecule has 3 heteroatoms. The summed E-state index contributed by atoms with van der Waals surface area (Å²) in [5, 5.41) is 0. The molecule has 3 nitrogen and oxygen atoms in total. The zero-order chi connectivity index (χ0) is 8.97. The fourth-order valence-corrected chi connectivity index (χ4v) is 1.05. The van der Waals surface area contributed by atoms with Gasteiger partial charge in [-0.25, -0.2) is 4.98 Å². The molecule has 0 saturated carbocycles. The SMILES string of the molecule is CC(C)Cc1nc(CCN)co1. The van der Waals surface area contributed by atoms with Crippen LogP contribution in [0.15, 0.2) is 10.7 Å². The van der Waals surface area contributed by atoms with Gasteiger partial charge in [0.2, 0.25) is 0 Å². The van der Waals surface area contributed by atoms with Crippen molar-refractivity contribution in [3.05, 3.63) is 17.8 Å². The Hall–Kier alpha value is -0.830. The lowest BCUT2D eigenvalue weighted by Gasteiger charge is -1.97. The molecule has 2 N–H and O–H groups in total. The molecule has 0 aliphatic heterocycles. The minimum Gasteiger partial charge on any atom is -0.449 e. The number of nitrogens with zero attached hydrogens (tertiary/aromatic N) is 1. The topological polar surface area (TPSA) is 52.0 Å². The predicted octanol–water partition coefficient (Wildman–Crippen LogP) is 1.37. The molecule has 0 unspecified atom stereocenters. The van der Waals surface area contributed by atoms with Gasteiger partial charge in [-0.3, -0.25) is 0 Å². The maximum atomic E-state index is 5.39. The number of hydrogen-bond acceptors (Lipinski definition) is 3. The lowest BCUT2D eigenvalue weighted by Crippen LogP contribution is -2.03. The molecule has 0 aliphatic carbocycles. The lowest BCUT2D eigenvalue weighted by atomic mass is 10.1. The van der Waals surface area contributed by atoms with Gasteiger partial charge >= 0.3 is 0 Å². The quantitative estimate of drug-likeness (QED) is 0.738. The molecule has 12 heavy (non-hydrogen) atoms. The second kappa shape index (κ2) is 4.26. The average Bonchev–Trinajstić information content (AvgIpc) is 2.36. The number of hydrogen-bond donors (Lipinski definition) is 1. The standard InChI is InChI=1S/C9H16N2O/c1-7(2)5-9-11-8(3-4-10)6-12-9/h6-7H,3-5,10H2,1-2H3. The van der Waals surface area contributed by atoms with Gasteiger partial charge in [0.15, 0.2) is 5.89 Å². The molecule has 0 bridgehead atoms. The monoisotopic (exact) mass is 168 g/mol. The molecule has 0 fully saturated rings. The molecule has 0 atom stereocenters. The first kappa shape index (κ1) is 9.26. The first-order valence-corrected chi connectivity index (χ1v) is 4.35. The zero-order valence-corrected chi connectivity index (χ0v) is 7.71. The van der Waals surface area contributed by atoms with Crippen molar-refractivity contribution in [2.24, 2.45) is 11.7 Å². The van der Waals surface area contributed by atoms with E-state index in [1.807, 2.05) is 0 Å². The van der Waals surface area contributed by atoms with Crippen molar-refractivity contribution in [1.29, 1.82) is 0 Å². The fraction of sp³-hybridized carbons (Fsp3) is 0.667. The third-order valence-corrected chi connectivity index (χ3v) is 1.58. The average molecular weight is 168 g/mol. The fourth-order valence-electron chi connectivity index (χ4n) is 1.05. The van der Waals surface area contributed by atoms with Crippen molar-refractivity contribution in [1.82, 2.24) is 4.98 Å². The summed E-state index contributed by atoms with van der Waals surface area (Å²) in [5.41, 5.74) is 6.36. The van der Waals surface area contributed by atoms with E-state index in [9.17, 15) is 0 Å². The second-order valence-corrected chi connectivity index (χ2v) is 3.37. The highest BCUT2D eigenvalue weighted by atomic mass is 16.3. The van der Waals surface area contributed by atoms with Gasteiger partial charge in [0.1, 0.15) is 6.26 Å². The summed E-state index contributed by atoms with van der Waals surface area (Å²) in [7, 11) is 0. The Bertz CT molecular complexity index is 230. The smallest absolute Gasteiger partial charge is 0.194 e. The summed E-state index contributed by atoms with van der Waals surface area (Å²) in [4.78, 5) is 4.29. The Morgan fingerprint density at radius 3 is 2.92 bits per heavy atom. The van der Waals surface area contributed by atoms with Crippen LogP contribution in [0.25, 0.3) is 0 Å². The summed E-state index contributed by atoms with van der Waals surface area (Å²) < 4.78 is 5.26. The zero-order valence-electron chi connectivity index (χ0n) is 7.71. The maximum Gasteiger partial charge on any atom is 0.194 e. The van der Waals surface area contributed by atoms with E-state index >= 15 is 0 Å². The van der Waals surface area contributed by atoms with Gasteiger partial charge in [-0.1, -0.05) is 13.8 Å². The Morgan fingerprint density at radius 2 is 2.33 bits per heavy atom. The maximum absolute atomic E-state index is 5.39. The largest absolute Gasteiger partial charge is 0.449 e. The Balaban J connectivity index is 2.52. The minimum absolute atomic E-state index is 0.592.